The van der Waals surface area contributed by atoms with Crippen molar-refractivity contribution < 1.29 is 17.5 Å². The van der Waals surface area contributed by atoms with Gasteiger partial charge in [0.15, 0.2) is 0 Å². The van der Waals surface area contributed by atoms with E-state index in [-0.39, 0.29) is 0 Å². The van der Waals surface area contributed by atoms with Gasteiger partial charge < -0.3 is 0 Å². The second kappa shape index (κ2) is 7.15. The van der Waals surface area contributed by atoms with E-state index < -0.39 is 10.4 Å². The van der Waals surface area contributed by atoms with Crippen molar-refractivity contribution in [3.63, 3.8) is 0 Å². The highest BCUT2D eigenvalue weighted by molar-refractivity contribution is 8.41. The minimum Gasteiger partial charge on any atom is -0.264 e. The predicted molar refractivity (Wildman–Crippen MR) is 77.4 cm³/mol. The third-order valence-electron chi connectivity index (χ3n) is 1.79. The lowest BCUT2D eigenvalue weighted by atomic mass is 10.2. The Balaban J connectivity index is 0.000000280. The standard InChI is InChI=1S/C10H11NS2.H2O4S/c1-8-2-4-9(5-3-8)11-10-12-6-7-13-10;1-5(2,3)4/h2-5H,6-7H2,1H3;(H2,1,2,3,4). The van der Waals surface area contributed by atoms with Crippen LogP contribution in [0.2, 0.25) is 0 Å². The Labute approximate surface area is 115 Å². The van der Waals surface area contributed by atoms with Crippen molar-refractivity contribution in [2.45, 2.75) is 6.92 Å². The van der Waals surface area contributed by atoms with E-state index >= 15 is 0 Å². The van der Waals surface area contributed by atoms with Crippen LogP contribution in [0.1, 0.15) is 5.56 Å². The van der Waals surface area contributed by atoms with Crippen molar-refractivity contribution in [1.29, 1.82) is 0 Å². The van der Waals surface area contributed by atoms with Gasteiger partial charge in [0, 0.05) is 11.5 Å². The molecule has 1 aromatic carbocycles. The molecule has 1 aliphatic rings. The molecule has 5 nitrogen and oxygen atoms in total. The molecule has 1 saturated heterocycles. The maximum atomic E-state index is 8.74. The van der Waals surface area contributed by atoms with Crippen LogP contribution in [0.25, 0.3) is 0 Å². The topological polar surface area (TPSA) is 87.0 Å². The van der Waals surface area contributed by atoms with Gasteiger partial charge in [0.05, 0.1) is 5.69 Å². The molecule has 1 heterocycles. The summed E-state index contributed by atoms with van der Waals surface area (Å²) in [6.45, 7) is 2.09. The summed E-state index contributed by atoms with van der Waals surface area (Å²) in [5.41, 5.74) is 2.36. The van der Waals surface area contributed by atoms with E-state index in [9.17, 15) is 0 Å². The minimum absolute atomic E-state index is 1.07. The second-order valence-electron chi connectivity index (χ2n) is 3.36. The first-order chi connectivity index (χ1) is 8.34. The van der Waals surface area contributed by atoms with E-state index in [4.69, 9.17) is 17.5 Å². The Morgan fingerprint density at radius 2 is 1.56 bits per heavy atom. The second-order valence-corrected chi connectivity index (χ2v) is 6.68. The van der Waals surface area contributed by atoms with Crippen molar-refractivity contribution in [3.05, 3.63) is 29.8 Å². The molecule has 2 rings (SSSR count). The van der Waals surface area contributed by atoms with E-state index in [1.807, 2.05) is 23.5 Å². The van der Waals surface area contributed by atoms with Crippen molar-refractivity contribution >= 4 is 44.0 Å². The van der Waals surface area contributed by atoms with Gasteiger partial charge in [-0.05, 0) is 19.1 Å². The van der Waals surface area contributed by atoms with Crippen LogP contribution in [-0.2, 0) is 10.4 Å². The van der Waals surface area contributed by atoms with E-state index in [0.717, 1.165) is 5.69 Å². The summed E-state index contributed by atoms with van der Waals surface area (Å²) in [4.78, 5) is 4.54. The van der Waals surface area contributed by atoms with E-state index in [0.29, 0.717) is 0 Å². The fourth-order valence-electron chi connectivity index (χ4n) is 1.09. The average Bonchev–Trinajstić information content (AvgIpc) is 2.72. The lowest BCUT2D eigenvalue weighted by Gasteiger charge is -1.96. The van der Waals surface area contributed by atoms with Gasteiger partial charge in [-0.25, -0.2) is 4.99 Å². The number of thioether (sulfide) groups is 2. The first-order valence-corrected chi connectivity index (χ1v) is 8.32. The maximum absolute atomic E-state index is 8.74. The van der Waals surface area contributed by atoms with Crippen LogP contribution in [0.5, 0.6) is 0 Å². The van der Waals surface area contributed by atoms with E-state index in [2.05, 4.69) is 36.2 Å². The Kier molecular flexibility index (Phi) is 6.16. The van der Waals surface area contributed by atoms with Crippen LogP contribution < -0.4 is 0 Å². The molecule has 2 N–H and O–H groups in total. The number of nitrogens with zero attached hydrogens (tertiary/aromatic N) is 1. The normalized spacial score (nSPS) is 14.9. The average molecular weight is 307 g/mol. The van der Waals surface area contributed by atoms with Gasteiger partial charge in [-0.2, -0.15) is 8.42 Å². The van der Waals surface area contributed by atoms with Crippen LogP contribution in [0.3, 0.4) is 0 Å². The maximum Gasteiger partial charge on any atom is 0.394 e. The van der Waals surface area contributed by atoms with Crippen LogP contribution in [-0.4, -0.2) is 33.4 Å². The molecule has 1 aromatic rings. The quantitative estimate of drug-likeness (QED) is 0.776. The highest BCUT2D eigenvalue weighted by Gasteiger charge is 2.08. The molecule has 0 bridgehead atoms. The Bertz CT molecular complexity index is 494. The summed E-state index contributed by atoms with van der Waals surface area (Å²) < 4.78 is 32.8. The summed E-state index contributed by atoms with van der Waals surface area (Å²) in [5.74, 6) is 2.41. The Hall–Kier alpha value is -0.540. The minimum atomic E-state index is -4.67. The zero-order valence-corrected chi connectivity index (χ0v) is 12.1. The number of benzene rings is 1. The molecule has 100 valence electrons. The first-order valence-electron chi connectivity index (χ1n) is 4.95. The Morgan fingerprint density at radius 1 is 1.11 bits per heavy atom. The Morgan fingerprint density at radius 3 is 2.00 bits per heavy atom. The van der Waals surface area contributed by atoms with Crippen LogP contribution >= 0.6 is 23.5 Å². The number of aryl methyl sites for hydroxylation is 1. The van der Waals surface area contributed by atoms with Gasteiger partial charge in [0.1, 0.15) is 4.38 Å². The lowest BCUT2D eigenvalue weighted by Crippen LogP contribution is -1.89. The monoisotopic (exact) mass is 307 g/mol. The highest BCUT2D eigenvalue weighted by atomic mass is 32.3. The fourth-order valence-corrected chi connectivity index (χ4v) is 3.28. The molecule has 8 heteroatoms. The zero-order valence-electron chi connectivity index (χ0n) is 9.61. The summed E-state index contributed by atoms with van der Waals surface area (Å²) in [5, 5.41) is 0. The molecule has 18 heavy (non-hydrogen) atoms. The van der Waals surface area contributed by atoms with E-state index in [1.165, 1.54) is 21.4 Å². The smallest absolute Gasteiger partial charge is 0.264 e. The van der Waals surface area contributed by atoms with Crippen LogP contribution in [0.15, 0.2) is 29.3 Å². The lowest BCUT2D eigenvalue weighted by molar-refractivity contribution is 0.381. The first kappa shape index (κ1) is 15.5. The van der Waals surface area contributed by atoms with Crippen LogP contribution in [0, 0.1) is 6.92 Å². The third-order valence-corrected chi connectivity index (χ3v) is 4.25. The van der Waals surface area contributed by atoms with Gasteiger partial charge in [-0.1, -0.05) is 41.2 Å². The molecule has 0 aliphatic carbocycles. The number of hydrogen-bond acceptors (Lipinski definition) is 5. The van der Waals surface area contributed by atoms with Crippen molar-refractivity contribution in [1.82, 2.24) is 0 Å². The molecule has 1 aliphatic heterocycles. The summed E-state index contributed by atoms with van der Waals surface area (Å²) in [6, 6.07) is 8.34. The number of aliphatic imine (C=N–C) groups is 1. The molecule has 0 radical (unpaired) electrons. The van der Waals surface area contributed by atoms with Crippen molar-refractivity contribution in [2.24, 2.45) is 4.99 Å². The van der Waals surface area contributed by atoms with Crippen LogP contribution in [0.4, 0.5) is 5.69 Å². The summed E-state index contributed by atoms with van der Waals surface area (Å²) >= 11 is 3.71. The van der Waals surface area contributed by atoms with Gasteiger partial charge in [0.2, 0.25) is 0 Å². The number of hydrogen-bond donors (Lipinski definition) is 2. The molecule has 1 fully saturated rings. The predicted octanol–water partition coefficient (Wildman–Crippen LogP) is 2.81. The molecule has 0 spiro atoms. The third kappa shape index (κ3) is 7.72. The molecular formula is C10H13NO4S3. The zero-order chi connectivity index (χ0) is 13.6. The van der Waals surface area contributed by atoms with Gasteiger partial charge in [-0.15, -0.1) is 0 Å². The molecule has 0 atom stereocenters. The molecule has 0 aromatic heterocycles. The van der Waals surface area contributed by atoms with E-state index in [1.54, 1.807) is 0 Å². The molecule has 0 saturated carbocycles. The number of rotatable bonds is 1. The van der Waals surface area contributed by atoms with Crippen molar-refractivity contribution in [3.8, 4) is 0 Å². The summed E-state index contributed by atoms with van der Waals surface area (Å²) in [7, 11) is -4.67. The van der Waals surface area contributed by atoms with Crippen molar-refractivity contribution in [2.75, 3.05) is 11.5 Å². The SMILES string of the molecule is Cc1ccc(N=C2SCCS2)cc1.O=S(=O)(O)O. The largest absolute Gasteiger partial charge is 0.394 e. The fraction of sp³-hybridized carbons (Fsp3) is 0.300. The van der Waals surface area contributed by atoms with Gasteiger partial charge in [0.25, 0.3) is 0 Å². The highest BCUT2D eigenvalue weighted by Crippen LogP contribution is 2.28. The molecule has 0 amide bonds. The molecule has 0 unspecified atom stereocenters. The summed E-state index contributed by atoms with van der Waals surface area (Å²) in [6.07, 6.45) is 0. The van der Waals surface area contributed by atoms with Gasteiger partial charge in [-0.3, -0.25) is 9.11 Å². The van der Waals surface area contributed by atoms with Gasteiger partial charge >= 0.3 is 10.4 Å². The molecular weight excluding hydrogens is 294 g/mol.